The van der Waals surface area contributed by atoms with Gasteiger partial charge in [0.25, 0.3) is 0 Å². The number of rotatable bonds is 3. The lowest BCUT2D eigenvalue weighted by atomic mass is 9.96. The van der Waals surface area contributed by atoms with E-state index < -0.39 is 11.8 Å². The molecule has 4 aromatic rings. The van der Waals surface area contributed by atoms with E-state index in [0.29, 0.717) is 22.2 Å². The molecule has 0 aliphatic rings. The second-order valence-electron chi connectivity index (χ2n) is 6.51. The Kier molecular flexibility index (Phi) is 4.69. The zero-order valence-electron chi connectivity index (χ0n) is 14.9. The lowest BCUT2D eigenvalue weighted by molar-refractivity contribution is 0.0698. The van der Waals surface area contributed by atoms with E-state index in [2.05, 4.69) is 20.9 Å². The molecule has 3 nitrogen and oxygen atoms in total. The Hall–Kier alpha value is -3.05. The SMILES string of the molecule is Cc1c(-c2ccc(-c3ccc(Br)cc3)cc2)nc2ccc(F)cc2c1C(=O)O. The van der Waals surface area contributed by atoms with Crippen molar-refractivity contribution in [1.82, 2.24) is 4.98 Å². The summed E-state index contributed by atoms with van der Waals surface area (Å²) >= 11 is 3.43. The Balaban J connectivity index is 1.85. The molecule has 5 heteroatoms. The first kappa shape index (κ1) is 18.3. The lowest BCUT2D eigenvalue weighted by Crippen LogP contribution is -2.05. The number of carbonyl (C=O) groups is 1. The quantitative estimate of drug-likeness (QED) is 0.400. The van der Waals surface area contributed by atoms with Gasteiger partial charge in [0, 0.05) is 15.4 Å². The normalized spacial score (nSPS) is 11.0. The predicted molar refractivity (Wildman–Crippen MR) is 112 cm³/mol. The van der Waals surface area contributed by atoms with Gasteiger partial charge in [-0.25, -0.2) is 14.2 Å². The molecule has 0 radical (unpaired) electrons. The van der Waals surface area contributed by atoms with Gasteiger partial charge in [-0.2, -0.15) is 0 Å². The molecule has 0 atom stereocenters. The molecule has 0 bridgehead atoms. The molecular formula is C23H15BrFNO2. The van der Waals surface area contributed by atoms with E-state index in [9.17, 15) is 14.3 Å². The van der Waals surface area contributed by atoms with Crippen molar-refractivity contribution in [1.29, 1.82) is 0 Å². The standard InChI is InChI=1S/C23H15BrFNO2/c1-13-21(23(27)28)19-12-18(25)10-11-20(19)26-22(13)16-4-2-14(3-5-16)15-6-8-17(24)9-7-15/h2-12H,1H3,(H,27,28). The van der Waals surface area contributed by atoms with Crippen molar-refractivity contribution in [2.45, 2.75) is 6.92 Å². The first-order chi connectivity index (χ1) is 13.4. The van der Waals surface area contributed by atoms with Crippen molar-refractivity contribution in [2.24, 2.45) is 0 Å². The summed E-state index contributed by atoms with van der Waals surface area (Å²) in [5.74, 6) is -1.58. The highest BCUT2D eigenvalue weighted by molar-refractivity contribution is 9.10. The summed E-state index contributed by atoms with van der Waals surface area (Å²) in [5, 5.41) is 9.99. The van der Waals surface area contributed by atoms with Crippen LogP contribution in [0.2, 0.25) is 0 Å². The van der Waals surface area contributed by atoms with E-state index in [1.807, 2.05) is 48.5 Å². The van der Waals surface area contributed by atoms with E-state index in [-0.39, 0.29) is 5.56 Å². The number of hydrogen-bond acceptors (Lipinski definition) is 2. The van der Waals surface area contributed by atoms with Gasteiger partial charge in [0.05, 0.1) is 16.8 Å². The molecule has 0 saturated heterocycles. The number of halogens is 2. The number of carboxylic acids is 1. The van der Waals surface area contributed by atoms with E-state index >= 15 is 0 Å². The molecular weight excluding hydrogens is 421 g/mol. The maximum atomic E-state index is 13.6. The average Bonchev–Trinajstić information content (AvgIpc) is 2.68. The third-order valence-electron chi connectivity index (χ3n) is 4.74. The number of benzene rings is 3. The van der Waals surface area contributed by atoms with Crippen LogP contribution < -0.4 is 0 Å². The van der Waals surface area contributed by atoms with Crippen LogP contribution in [0.25, 0.3) is 33.3 Å². The highest BCUT2D eigenvalue weighted by Crippen LogP contribution is 2.31. The van der Waals surface area contributed by atoms with Crippen LogP contribution in [0.5, 0.6) is 0 Å². The number of fused-ring (bicyclic) bond motifs is 1. The van der Waals surface area contributed by atoms with Crippen LogP contribution in [0, 0.1) is 12.7 Å². The van der Waals surface area contributed by atoms with Gasteiger partial charge in [-0.3, -0.25) is 0 Å². The summed E-state index contributed by atoms with van der Waals surface area (Å²) in [6, 6.07) is 19.8. The van der Waals surface area contributed by atoms with Crippen LogP contribution in [0.1, 0.15) is 15.9 Å². The maximum absolute atomic E-state index is 13.6. The van der Waals surface area contributed by atoms with Gasteiger partial charge in [-0.05, 0) is 53.9 Å². The van der Waals surface area contributed by atoms with Crippen molar-refractivity contribution < 1.29 is 14.3 Å². The summed E-state index contributed by atoms with van der Waals surface area (Å²) in [4.78, 5) is 16.5. The Labute approximate surface area is 169 Å². The number of nitrogens with zero attached hydrogens (tertiary/aromatic N) is 1. The maximum Gasteiger partial charge on any atom is 0.336 e. The molecule has 1 aromatic heterocycles. The summed E-state index contributed by atoms with van der Waals surface area (Å²) in [6.45, 7) is 1.71. The van der Waals surface area contributed by atoms with Gasteiger partial charge >= 0.3 is 5.97 Å². The third-order valence-corrected chi connectivity index (χ3v) is 5.27. The fourth-order valence-corrected chi connectivity index (χ4v) is 3.61. The molecule has 0 amide bonds. The fourth-order valence-electron chi connectivity index (χ4n) is 3.35. The summed E-state index contributed by atoms with van der Waals surface area (Å²) < 4.78 is 14.7. The van der Waals surface area contributed by atoms with E-state index in [1.165, 1.54) is 18.2 Å². The van der Waals surface area contributed by atoms with E-state index in [4.69, 9.17) is 0 Å². The van der Waals surface area contributed by atoms with Crippen LogP contribution in [0.15, 0.2) is 71.2 Å². The number of carboxylic acid groups (broad SMARTS) is 1. The Bertz CT molecular complexity index is 1200. The van der Waals surface area contributed by atoms with Crippen molar-refractivity contribution in [3.05, 3.63) is 88.1 Å². The second-order valence-corrected chi connectivity index (χ2v) is 7.43. The lowest BCUT2D eigenvalue weighted by Gasteiger charge is -2.13. The van der Waals surface area contributed by atoms with Crippen LogP contribution in [0.4, 0.5) is 4.39 Å². The van der Waals surface area contributed by atoms with Crippen molar-refractivity contribution in [3.63, 3.8) is 0 Å². The minimum absolute atomic E-state index is 0.0801. The van der Waals surface area contributed by atoms with Gasteiger partial charge < -0.3 is 5.11 Å². The molecule has 28 heavy (non-hydrogen) atoms. The Morgan fingerprint density at radius 1 is 0.929 bits per heavy atom. The van der Waals surface area contributed by atoms with Crippen LogP contribution >= 0.6 is 15.9 Å². The van der Waals surface area contributed by atoms with E-state index in [0.717, 1.165) is 21.2 Å². The molecule has 138 valence electrons. The predicted octanol–water partition coefficient (Wildman–Crippen LogP) is 6.48. The average molecular weight is 436 g/mol. The second kappa shape index (κ2) is 7.17. The summed E-state index contributed by atoms with van der Waals surface area (Å²) in [6.07, 6.45) is 0. The first-order valence-corrected chi connectivity index (χ1v) is 9.43. The minimum atomic E-state index is -1.09. The van der Waals surface area contributed by atoms with Crippen molar-refractivity contribution in [3.8, 4) is 22.4 Å². The zero-order valence-corrected chi connectivity index (χ0v) is 16.5. The van der Waals surface area contributed by atoms with E-state index in [1.54, 1.807) is 6.92 Å². The van der Waals surface area contributed by atoms with Gasteiger partial charge in [0.1, 0.15) is 5.82 Å². The van der Waals surface area contributed by atoms with Gasteiger partial charge in [0.15, 0.2) is 0 Å². The molecule has 0 unspecified atom stereocenters. The molecule has 3 aromatic carbocycles. The third kappa shape index (κ3) is 3.29. The zero-order chi connectivity index (χ0) is 19.8. The molecule has 0 saturated carbocycles. The number of pyridine rings is 1. The van der Waals surface area contributed by atoms with Crippen LogP contribution in [-0.4, -0.2) is 16.1 Å². The van der Waals surface area contributed by atoms with Crippen LogP contribution in [0.3, 0.4) is 0 Å². The monoisotopic (exact) mass is 435 g/mol. The highest BCUT2D eigenvalue weighted by Gasteiger charge is 2.18. The molecule has 1 N–H and O–H groups in total. The summed E-state index contributed by atoms with van der Waals surface area (Å²) in [7, 11) is 0. The first-order valence-electron chi connectivity index (χ1n) is 8.63. The van der Waals surface area contributed by atoms with Gasteiger partial charge in [0.2, 0.25) is 0 Å². The molecule has 0 spiro atoms. The van der Waals surface area contributed by atoms with Crippen LogP contribution in [-0.2, 0) is 0 Å². The Morgan fingerprint density at radius 2 is 1.50 bits per heavy atom. The molecule has 0 fully saturated rings. The minimum Gasteiger partial charge on any atom is -0.478 e. The smallest absolute Gasteiger partial charge is 0.336 e. The topological polar surface area (TPSA) is 50.2 Å². The largest absolute Gasteiger partial charge is 0.478 e. The molecule has 1 heterocycles. The Morgan fingerprint density at radius 3 is 2.11 bits per heavy atom. The van der Waals surface area contributed by atoms with Gasteiger partial charge in [-0.1, -0.05) is 52.3 Å². The van der Waals surface area contributed by atoms with Crippen molar-refractivity contribution >= 4 is 32.8 Å². The summed E-state index contributed by atoms with van der Waals surface area (Å²) in [5.41, 5.74) is 4.58. The fraction of sp³-hybridized carbons (Fsp3) is 0.0435. The number of hydrogen-bond donors (Lipinski definition) is 1. The molecule has 0 aliphatic carbocycles. The van der Waals surface area contributed by atoms with Crippen molar-refractivity contribution in [2.75, 3.05) is 0 Å². The van der Waals surface area contributed by atoms with Gasteiger partial charge in [-0.15, -0.1) is 0 Å². The highest BCUT2D eigenvalue weighted by atomic mass is 79.9. The molecule has 0 aliphatic heterocycles. The molecule has 4 rings (SSSR count). The number of aromatic nitrogens is 1. The number of aromatic carboxylic acids is 1.